The fraction of sp³-hybridized carbons (Fsp3) is 0.238. The van der Waals surface area contributed by atoms with Gasteiger partial charge in [-0.1, -0.05) is 36.4 Å². The predicted molar refractivity (Wildman–Crippen MR) is 103 cm³/mol. The third-order valence-corrected chi connectivity index (χ3v) is 4.88. The number of nitrogens with one attached hydrogen (secondary N) is 1. The Morgan fingerprint density at radius 1 is 0.889 bits per heavy atom. The normalized spacial score (nSPS) is 14.4. The highest BCUT2D eigenvalue weighted by atomic mass is 16.6. The molecule has 1 N–H and O–H groups in total. The summed E-state index contributed by atoms with van der Waals surface area (Å²) in [5.41, 5.74) is 2.54. The number of benzene rings is 2. The molecule has 2 amide bonds. The van der Waals surface area contributed by atoms with E-state index < -0.39 is 0 Å². The van der Waals surface area contributed by atoms with Gasteiger partial charge in [0.15, 0.2) is 0 Å². The molecule has 1 saturated heterocycles. The van der Waals surface area contributed by atoms with Gasteiger partial charge < -0.3 is 19.5 Å². The molecule has 0 saturated carbocycles. The van der Waals surface area contributed by atoms with Gasteiger partial charge in [-0.05, 0) is 25.1 Å². The van der Waals surface area contributed by atoms with Gasteiger partial charge in [-0.3, -0.25) is 4.79 Å². The number of rotatable bonds is 2. The average molecular weight is 363 g/mol. The van der Waals surface area contributed by atoms with Crippen LogP contribution >= 0.6 is 0 Å². The molecular formula is C21H21N3O3. The first kappa shape index (κ1) is 17.1. The molecule has 138 valence electrons. The van der Waals surface area contributed by atoms with Crippen LogP contribution in [0.5, 0.6) is 5.75 Å². The molecule has 1 aromatic heterocycles. The molecular weight excluding hydrogens is 342 g/mol. The van der Waals surface area contributed by atoms with E-state index in [4.69, 9.17) is 4.74 Å². The number of para-hydroxylation sites is 2. The van der Waals surface area contributed by atoms with Crippen molar-refractivity contribution in [2.24, 2.45) is 0 Å². The van der Waals surface area contributed by atoms with Crippen LogP contribution in [0.25, 0.3) is 10.9 Å². The number of aromatic amines is 1. The van der Waals surface area contributed by atoms with Crippen LogP contribution in [0.3, 0.4) is 0 Å². The highest BCUT2D eigenvalue weighted by molar-refractivity contribution is 6.08. The molecule has 0 radical (unpaired) electrons. The Labute approximate surface area is 157 Å². The minimum Gasteiger partial charge on any atom is -0.410 e. The lowest BCUT2D eigenvalue weighted by Gasteiger charge is -2.34. The molecule has 0 spiro atoms. The van der Waals surface area contributed by atoms with Crippen LogP contribution in [-0.2, 0) is 0 Å². The maximum absolute atomic E-state index is 13.0. The summed E-state index contributed by atoms with van der Waals surface area (Å²) in [6.45, 7) is 3.81. The van der Waals surface area contributed by atoms with Gasteiger partial charge in [-0.15, -0.1) is 0 Å². The molecule has 1 fully saturated rings. The summed E-state index contributed by atoms with van der Waals surface area (Å²) in [7, 11) is 0. The second-order valence-corrected chi connectivity index (χ2v) is 6.63. The molecule has 1 aliphatic rings. The number of carbonyl (C=O) groups excluding carboxylic acids is 2. The number of aryl methyl sites for hydroxylation is 1. The summed E-state index contributed by atoms with van der Waals surface area (Å²) in [6, 6.07) is 16.8. The highest BCUT2D eigenvalue weighted by Gasteiger charge is 2.28. The van der Waals surface area contributed by atoms with E-state index in [9.17, 15) is 9.59 Å². The van der Waals surface area contributed by atoms with Gasteiger partial charge in [-0.2, -0.15) is 0 Å². The molecule has 0 unspecified atom stereocenters. The van der Waals surface area contributed by atoms with Gasteiger partial charge in [-0.25, -0.2) is 4.79 Å². The number of H-pyrrole nitrogens is 1. The van der Waals surface area contributed by atoms with Crippen molar-refractivity contribution in [2.45, 2.75) is 6.92 Å². The molecule has 6 nitrogen and oxygen atoms in total. The summed E-state index contributed by atoms with van der Waals surface area (Å²) in [6.07, 6.45) is -0.378. The molecule has 2 heterocycles. The lowest BCUT2D eigenvalue weighted by atomic mass is 10.1. The zero-order valence-corrected chi connectivity index (χ0v) is 15.1. The van der Waals surface area contributed by atoms with Crippen molar-refractivity contribution < 1.29 is 14.3 Å². The fourth-order valence-electron chi connectivity index (χ4n) is 3.46. The van der Waals surface area contributed by atoms with Gasteiger partial charge in [0, 0.05) is 42.8 Å². The zero-order valence-electron chi connectivity index (χ0n) is 15.1. The fourth-order valence-corrected chi connectivity index (χ4v) is 3.46. The second kappa shape index (κ2) is 7.15. The molecule has 27 heavy (non-hydrogen) atoms. The SMILES string of the molecule is Cc1[nH]c2ccccc2c1C(=O)N1CCN(C(=O)Oc2ccccc2)CC1. The van der Waals surface area contributed by atoms with Gasteiger partial charge >= 0.3 is 6.09 Å². The Hall–Kier alpha value is -3.28. The number of carbonyl (C=O) groups is 2. The quantitative estimate of drug-likeness (QED) is 0.759. The van der Waals surface area contributed by atoms with Crippen LogP contribution in [0.2, 0.25) is 0 Å². The number of hydrogen-bond donors (Lipinski definition) is 1. The third kappa shape index (κ3) is 3.38. The van der Waals surface area contributed by atoms with E-state index in [0.717, 1.165) is 16.6 Å². The highest BCUT2D eigenvalue weighted by Crippen LogP contribution is 2.24. The number of aromatic nitrogens is 1. The van der Waals surface area contributed by atoms with Gasteiger partial charge in [0.1, 0.15) is 5.75 Å². The van der Waals surface area contributed by atoms with Crippen LogP contribution in [0.4, 0.5) is 4.79 Å². The lowest BCUT2D eigenvalue weighted by molar-refractivity contribution is 0.0634. The standard InChI is InChI=1S/C21H21N3O3/c1-15-19(17-9-5-6-10-18(17)22-15)20(25)23-11-13-24(14-12-23)21(26)27-16-7-3-2-4-8-16/h2-10,22H,11-14H2,1H3. The van der Waals surface area contributed by atoms with Crippen LogP contribution in [-0.4, -0.2) is 53.0 Å². The summed E-state index contributed by atoms with van der Waals surface area (Å²) in [4.78, 5) is 32.0. The zero-order chi connectivity index (χ0) is 18.8. The van der Waals surface area contributed by atoms with Crippen molar-refractivity contribution in [1.29, 1.82) is 0 Å². The Balaban J connectivity index is 1.42. The van der Waals surface area contributed by atoms with Crippen LogP contribution in [0.1, 0.15) is 16.1 Å². The maximum Gasteiger partial charge on any atom is 0.415 e. The number of fused-ring (bicyclic) bond motifs is 1. The third-order valence-electron chi connectivity index (χ3n) is 4.88. The molecule has 6 heteroatoms. The molecule has 0 aliphatic carbocycles. The second-order valence-electron chi connectivity index (χ2n) is 6.63. The van der Waals surface area contributed by atoms with Gasteiger partial charge in [0.05, 0.1) is 5.56 Å². The first-order chi connectivity index (χ1) is 13.1. The Morgan fingerprint density at radius 3 is 2.26 bits per heavy atom. The van der Waals surface area contributed by atoms with Crippen molar-refractivity contribution in [3.63, 3.8) is 0 Å². The first-order valence-electron chi connectivity index (χ1n) is 9.02. The molecule has 2 aromatic carbocycles. The molecule has 0 bridgehead atoms. The number of piperazine rings is 1. The Bertz CT molecular complexity index is 973. The summed E-state index contributed by atoms with van der Waals surface area (Å²) < 4.78 is 5.38. The van der Waals surface area contributed by atoms with E-state index in [1.807, 2.05) is 49.4 Å². The molecule has 4 rings (SSSR count). The van der Waals surface area contributed by atoms with Gasteiger partial charge in [0.25, 0.3) is 5.91 Å². The van der Waals surface area contributed by atoms with E-state index in [1.165, 1.54) is 0 Å². The molecule has 1 aliphatic heterocycles. The summed E-state index contributed by atoms with van der Waals surface area (Å²) in [5.74, 6) is 0.524. The minimum absolute atomic E-state index is 0.000951. The minimum atomic E-state index is -0.378. The first-order valence-corrected chi connectivity index (χ1v) is 9.02. The van der Waals surface area contributed by atoms with E-state index in [2.05, 4.69) is 4.98 Å². The Kier molecular flexibility index (Phi) is 4.54. The van der Waals surface area contributed by atoms with E-state index in [0.29, 0.717) is 37.5 Å². The average Bonchev–Trinajstić information content (AvgIpc) is 3.04. The van der Waals surface area contributed by atoms with Crippen molar-refractivity contribution in [1.82, 2.24) is 14.8 Å². The summed E-state index contributed by atoms with van der Waals surface area (Å²) >= 11 is 0. The van der Waals surface area contributed by atoms with Crippen molar-refractivity contribution in [3.8, 4) is 5.75 Å². The number of amides is 2. The topological polar surface area (TPSA) is 65.6 Å². The van der Waals surface area contributed by atoms with Crippen molar-refractivity contribution in [3.05, 3.63) is 65.9 Å². The van der Waals surface area contributed by atoms with Crippen LogP contribution in [0.15, 0.2) is 54.6 Å². The monoisotopic (exact) mass is 363 g/mol. The number of nitrogens with zero attached hydrogens (tertiary/aromatic N) is 2. The number of ether oxygens (including phenoxy) is 1. The molecule has 3 aromatic rings. The molecule has 0 atom stereocenters. The smallest absolute Gasteiger partial charge is 0.410 e. The van der Waals surface area contributed by atoms with Crippen LogP contribution in [0, 0.1) is 6.92 Å². The van der Waals surface area contributed by atoms with Gasteiger partial charge in [0.2, 0.25) is 0 Å². The maximum atomic E-state index is 13.0. The van der Waals surface area contributed by atoms with Crippen LogP contribution < -0.4 is 4.74 Å². The van der Waals surface area contributed by atoms with E-state index >= 15 is 0 Å². The van der Waals surface area contributed by atoms with E-state index in [-0.39, 0.29) is 12.0 Å². The summed E-state index contributed by atoms with van der Waals surface area (Å²) in [5, 5.41) is 0.936. The van der Waals surface area contributed by atoms with Crippen molar-refractivity contribution in [2.75, 3.05) is 26.2 Å². The lowest BCUT2D eigenvalue weighted by Crippen LogP contribution is -2.51. The van der Waals surface area contributed by atoms with E-state index in [1.54, 1.807) is 21.9 Å². The Morgan fingerprint density at radius 2 is 1.52 bits per heavy atom. The van der Waals surface area contributed by atoms with Crippen molar-refractivity contribution >= 4 is 22.9 Å². The predicted octanol–water partition coefficient (Wildman–Crippen LogP) is 3.43. The largest absolute Gasteiger partial charge is 0.415 e. The number of hydrogen-bond acceptors (Lipinski definition) is 3.